The monoisotopic (exact) mass is 1030 g/mol. The smallest absolute Gasteiger partial charge is 0.251 e. The topological polar surface area (TPSA) is 276 Å². The molecule has 3 fully saturated rings. The maximum Gasteiger partial charge on any atom is 0.251 e. The van der Waals surface area contributed by atoms with E-state index < -0.39 is 95.9 Å². The van der Waals surface area contributed by atoms with Crippen LogP contribution in [-0.2, 0) is 35.2 Å². The molecule has 9 N–H and O–H groups in total. The number of hydrogen-bond acceptors (Lipinski definition) is 12. The highest BCUT2D eigenvalue weighted by atomic mass is 16.5. The van der Waals surface area contributed by atoms with Gasteiger partial charge in [-0.2, -0.15) is 0 Å². The minimum Gasteiger partial charge on any atom is -0.508 e. The Bertz CT molecular complexity index is 2630. The number of phenols is 1. The van der Waals surface area contributed by atoms with E-state index in [1.807, 2.05) is 48.5 Å². The van der Waals surface area contributed by atoms with Crippen LogP contribution in [0.25, 0.3) is 22.3 Å². The molecule has 7 amide bonds. The number of carbonyl (C=O) groups is 7. The van der Waals surface area contributed by atoms with Crippen molar-refractivity contribution in [3.63, 3.8) is 0 Å². The SMILES string of the molecule is CCCCCOc1ccc(-c2ccc(-c3ccc(C(=O)N[C@H]4CCCNC(=O)C5CCN5C(=O)C(C(C)O)NC(=O)C(CCc5ccc(O)cc5)NC(=O)C5C[C@@H](O)CN5C(=O)C(C(C)O)NC4=O)cc3)cc2)cc1. The number of aliphatic hydroxyl groups excluding tert-OH is 3. The number of aromatic hydroxyl groups is 1. The van der Waals surface area contributed by atoms with Crippen LogP contribution in [-0.4, -0.2) is 152 Å². The number of nitrogens with one attached hydrogen (secondary N) is 5. The second kappa shape index (κ2) is 25.7. The van der Waals surface area contributed by atoms with Crippen molar-refractivity contribution in [2.45, 2.75) is 133 Å². The summed E-state index contributed by atoms with van der Waals surface area (Å²) in [5.41, 5.74) is 4.69. The first kappa shape index (κ1) is 55.4. The second-order valence-electron chi connectivity index (χ2n) is 19.6. The maximum atomic E-state index is 14.4. The van der Waals surface area contributed by atoms with Crippen LogP contribution in [0.1, 0.15) is 88.1 Å². The van der Waals surface area contributed by atoms with E-state index >= 15 is 0 Å². The lowest BCUT2D eigenvalue weighted by Crippen LogP contribution is -2.65. The lowest BCUT2D eigenvalue weighted by Gasteiger charge is -2.42. The molecular weight excluding hydrogens is 963 g/mol. The molecule has 7 unspecified atom stereocenters. The summed E-state index contributed by atoms with van der Waals surface area (Å²) in [6.07, 6.45) is -0.672. The minimum absolute atomic E-state index is 0.00250. The first-order valence-electron chi connectivity index (χ1n) is 25.9. The molecule has 19 nitrogen and oxygen atoms in total. The third kappa shape index (κ3) is 14.3. The molecule has 4 aromatic rings. The summed E-state index contributed by atoms with van der Waals surface area (Å²) in [4.78, 5) is 100. The van der Waals surface area contributed by atoms with E-state index in [1.54, 1.807) is 36.4 Å². The van der Waals surface area contributed by atoms with Crippen LogP contribution in [0.4, 0.5) is 0 Å². The molecule has 3 saturated heterocycles. The first-order chi connectivity index (χ1) is 36.0. The molecule has 400 valence electrons. The number of ether oxygens (including phenoxy) is 1. The van der Waals surface area contributed by atoms with E-state index in [2.05, 4.69) is 33.5 Å². The largest absolute Gasteiger partial charge is 0.508 e. The minimum atomic E-state index is -1.67. The fourth-order valence-corrected chi connectivity index (χ4v) is 9.48. The fraction of sp³-hybridized carbons (Fsp3) is 0.446. The van der Waals surface area contributed by atoms with E-state index in [1.165, 1.54) is 30.9 Å². The van der Waals surface area contributed by atoms with Crippen LogP contribution >= 0.6 is 0 Å². The number of aryl methyl sites for hydroxylation is 1. The van der Waals surface area contributed by atoms with Crippen molar-refractivity contribution in [1.29, 1.82) is 0 Å². The van der Waals surface area contributed by atoms with Crippen molar-refractivity contribution in [1.82, 2.24) is 36.4 Å². The third-order valence-electron chi connectivity index (χ3n) is 14.0. The zero-order valence-electron chi connectivity index (χ0n) is 42.6. The Labute approximate surface area is 436 Å². The molecule has 9 atom stereocenters. The van der Waals surface area contributed by atoms with Gasteiger partial charge in [-0.05, 0) is 117 Å². The quantitative estimate of drug-likeness (QED) is 0.0826. The Hall–Kier alpha value is -7.35. The van der Waals surface area contributed by atoms with Gasteiger partial charge in [0.25, 0.3) is 5.91 Å². The van der Waals surface area contributed by atoms with Crippen LogP contribution in [0, 0.1) is 0 Å². The molecule has 75 heavy (non-hydrogen) atoms. The van der Waals surface area contributed by atoms with Crippen molar-refractivity contribution < 1.29 is 58.7 Å². The van der Waals surface area contributed by atoms with Crippen LogP contribution in [0.3, 0.4) is 0 Å². The van der Waals surface area contributed by atoms with Crippen molar-refractivity contribution >= 4 is 41.4 Å². The third-order valence-corrected chi connectivity index (χ3v) is 14.0. The zero-order valence-corrected chi connectivity index (χ0v) is 42.6. The number of amides is 7. The van der Waals surface area contributed by atoms with E-state index in [-0.39, 0.29) is 69.5 Å². The summed E-state index contributed by atoms with van der Waals surface area (Å²) in [5, 5.41) is 55.8. The number of carbonyl (C=O) groups excluding carboxylic acids is 7. The molecule has 0 aliphatic carbocycles. The highest BCUT2D eigenvalue weighted by Gasteiger charge is 2.45. The molecule has 0 spiro atoms. The van der Waals surface area contributed by atoms with Gasteiger partial charge in [-0.25, -0.2) is 0 Å². The normalized spacial score (nSPS) is 23.9. The van der Waals surface area contributed by atoms with Gasteiger partial charge in [0.15, 0.2) is 0 Å². The van der Waals surface area contributed by atoms with Gasteiger partial charge in [0.1, 0.15) is 47.8 Å². The van der Waals surface area contributed by atoms with Crippen LogP contribution in [0.2, 0.25) is 0 Å². The van der Waals surface area contributed by atoms with E-state index in [9.17, 15) is 54.0 Å². The van der Waals surface area contributed by atoms with Crippen LogP contribution in [0.15, 0.2) is 97.1 Å². The molecule has 0 aromatic heterocycles. The standard InChI is InChI=1S/C56H69N7O12/c1-4-5-6-30-75-43-24-20-39(21-25-43)37-14-12-36(13-15-37)38-16-18-40(19-17-38)50(68)58-44-8-7-28-57-53(71)46-27-29-62(46)55(73)48(33(2)64)60-52(70)45(26-11-35-9-22-41(66)23-10-35)59-54(72)47-31-42(67)32-63(47)56(74)49(34(3)65)61-51(44)69/h9-10,12-25,33-34,42,44-49,64-67H,4-8,11,26-32H2,1-3H3,(H,57,71)(H,58,68)(H,59,72)(H,60,70)(H,61,69)/t33?,34?,42-,44+,45?,46?,47?,48?,49?/m1/s1. The number of unbranched alkanes of at least 4 members (excludes halogenated alkanes) is 2. The van der Waals surface area contributed by atoms with Gasteiger partial charge >= 0.3 is 0 Å². The molecule has 0 saturated carbocycles. The number of aliphatic hydroxyl groups is 3. The molecule has 3 heterocycles. The number of rotatable bonds is 14. The van der Waals surface area contributed by atoms with E-state index in [4.69, 9.17) is 4.74 Å². The number of nitrogens with zero attached hydrogens (tertiary/aromatic N) is 2. The van der Waals surface area contributed by atoms with Crippen LogP contribution in [0.5, 0.6) is 11.5 Å². The molecule has 7 rings (SSSR count). The van der Waals surface area contributed by atoms with E-state index in [0.717, 1.165) is 52.2 Å². The van der Waals surface area contributed by atoms with Gasteiger partial charge in [0.2, 0.25) is 35.4 Å². The average Bonchev–Trinajstić information content (AvgIpc) is 3.79. The second-order valence-corrected chi connectivity index (χ2v) is 19.6. The summed E-state index contributed by atoms with van der Waals surface area (Å²) in [6.45, 7) is 5.19. The molecule has 3 aliphatic rings. The summed E-state index contributed by atoms with van der Waals surface area (Å²) in [5.74, 6) is -4.51. The molecule has 4 aromatic carbocycles. The Morgan fingerprint density at radius 3 is 1.84 bits per heavy atom. The fourth-order valence-electron chi connectivity index (χ4n) is 9.48. The summed E-state index contributed by atoms with van der Waals surface area (Å²) in [7, 11) is 0. The van der Waals surface area contributed by atoms with Crippen molar-refractivity contribution in [3.8, 4) is 33.8 Å². The van der Waals surface area contributed by atoms with Gasteiger partial charge in [0, 0.05) is 31.6 Å². The Kier molecular flexibility index (Phi) is 19.0. The molecule has 0 radical (unpaired) electrons. The Morgan fingerprint density at radius 2 is 1.27 bits per heavy atom. The summed E-state index contributed by atoms with van der Waals surface area (Å²) >= 11 is 0. The van der Waals surface area contributed by atoms with E-state index in [0.29, 0.717) is 12.2 Å². The van der Waals surface area contributed by atoms with Crippen LogP contribution < -0.4 is 31.3 Å². The van der Waals surface area contributed by atoms with Gasteiger partial charge in [0.05, 0.1) is 24.9 Å². The predicted octanol–water partition coefficient (Wildman–Crippen LogP) is 2.72. The van der Waals surface area contributed by atoms with Gasteiger partial charge < -0.3 is 61.5 Å². The predicted molar refractivity (Wildman–Crippen MR) is 278 cm³/mol. The molecule has 0 bridgehead atoms. The van der Waals surface area contributed by atoms with Gasteiger partial charge in [-0.3, -0.25) is 33.6 Å². The lowest BCUT2D eigenvalue weighted by molar-refractivity contribution is -0.152. The molecule has 3 aliphatic heterocycles. The molecule has 19 heteroatoms. The Balaban J connectivity index is 1.09. The average molecular weight is 1030 g/mol. The van der Waals surface area contributed by atoms with Crippen molar-refractivity contribution in [2.24, 2.45) is 0 Å². The first-order valence-corrected chi connectivity index (χ1v) is 25.9. The molecular formula is C56H69N7O12. The van der Waals surface area contributed by atoms with Crippen molar-refractivity contribution in [2.75, 3.05) is 26.2 Å². The number of benzene rings is 4. The highest BCUT2D eigenvalue weighted by Crippen LogP contribution is 2.28. The lowest BCUT2D eigenvalue weighted by atomic mass is 9.98. The maximum absolute atomic E-state index is 14.4. The van der Waals surface area contributed by atoms with Gasteiger partial charge in [-0.1, -0.05) is 80.4 Å². The Morgan fingerprint density at radius 1 is 0.693 bits per heavy atom. The van der Waals surface area contributed by atoms with Gasteiger partial charge in [-0.15, -0.1) is 0 Å². The number of fused-ring (bicyclic) bond motifs is 2. The summed E-state index contributed by atoms with van der Waals surface area (Å²) in [6, 6.07) is 20.7. The number of hydrogen-bond donors (Lipinski definition) is 9. The number of phenolic OH excluding ortho intramolecular Hbond substituents is 1. The highest BCUT2D eigenvalue weighted by molar-refractivity contribution is 6.00. The van der Waals surface area contributed by atoms with Crippen molar-refractivity contribution in [3.05, 3.63) is 108 Å². The zero-order chi connectivity index (χ0) is 53.8. The summed E-state index contributed by atoms with van der Waals surface area (Å²) < 4.78 is 5.86.